The summed E-state index contributed by atoms with van der Waals surface area (Å²) in [6.45, 7) is 6.28. The lowest BCUT2D eigenvalue weighted by Crippen LogP contribution is -2.33. The van der Waals surface area contributed by atoms with Crippen molar-refractivity contribution in [3.8, 4) is 0 Å². The molecule has 1 aromatic rings. The van der Waals surface area contributed by atoms with Crippen molar-refractivity contribution in [3.05, 3.63) is 34.3 Å². The van der Waals surface area contributed by atoms with Gasteiger partial charge in [0.25, 0.3) is 0 Å². The van der Waals surface area contributed by atoms with Crippen LogP contribution in [0.1, 0.15) is 19.4 Å². The zero-order chi connectivity index (χ0) is 11.3. The van der Waals surface area contributed by atoms with Crippen LogP contribution in [0.25, 0.3) is 0 Å². The third-order valence-corrected chi connectivity index (χ3v) is 3.18. The second-order valence-corrected chi connectivity index (χ2v) is 5.55. The fourth-order valence-electron chi connectivity index (χ4n) is 1.47. The summed E-state index contributed by atoms with van der Waals surface area (Å²) < 4.78 is 1.12. The van der Waals surface area contributed by atoms with Crippen molar-refractivity contribution >= 4 is 27.5 Å². The Morgan fingerprint density at radius 3 is 2.40 bits per heavy atom. The van der Waals surface area contributed by atoms with Gasteiger partial charge >= 0.3 is 0 Å². The molecule has 1 rings (SSSR count). The Bertz CT molecular complexity index is 295. The van der Waals surface area contributed by atoms with Gasteiger partial charge in [0, 0.05) is 28.9 Å². The lowest BCUT2D eigenvalue weighted by Gasteiger charge is -2.25. The summed E-state index contributed by atoms with van der Waals surface area (Å²) in [5, 5.41) is 3.34. The number of hydrogen-bond donors (Lipinski definition) is 1. The fraction of sp³-hybridized carbons (Fsp3) is 0.500. The first-order valence-electron chi connectivity index (χ1n) is 5.09. The summed E-state index contributed by atoms with van der Waals surface area (Å²) in [6.07, 6.45) is 0. The molecule has 0 saturated carbocycles. The predicted molar refractivity (Wildman–Crippen MR) is 70.8 cm³/mol. The summed E-state index contributed by atoms with van der Waals surface area (Å²) in [7, 11) is 0. The molecule has 3 heteroatoms. The van der Waals surface area contributed by atoms with Crippen molar-refractivity contribution in [2.75, 3.05) is 19.0 Å². The Labute approximate surface area is 105 Å². The maximum absolute atomic E-state index is 5.63. The van der Waals surface area contributed by atoms with Crippen LogP contribution < -0.4 is 5.32 Å². The molecule has 1 aromatic carbocycles. The Hall–Kier alpha value is -0.0500. The molecule has 0 saturated heterocycles. The maximum Gasteiger partial charge on any atom is 0.0348 e. The quantitative estimate of drug-likeness (QED) is 0.646. The number of halogens is 2. The summed E-state index contributed by atoms with van der Waals surface area (Å²) in [4.78, 5) is 0. The molecule has 0 heterocycles. The molecule has 0 aliphatic carbocycles. The standard InChI is InChI=1S/C12H17BrClN/c1-12(2,9-15-8-7-14)10-3-5-11(13)6-4-10/h3-6,15H,7-9H2,1-2H3. The van der Waals surface area contributed by atoms with Crippen molar-refractivity contribution < 1.29 is 0 Å². The van der Waals surface area contributed by atoms with Crippen molar-refractivity contribution in [3.63, 3.8) is 0 Å². The molecule has 0 fully saturated rings. The SMILES string of the molecule is CC(C)(CNCCCl)c1ccc(Br)cc1. The third-order valence-electron chi connectivity index (χ3n) is 2.46. The first-order valence-corrected chi connectivity index (χ1v) is 6.42. The molecule has 1 N–H and O–H groups in total. The van der Waals surface area contributed by atoms with Crippen molar-refractivity contribution in [1.29, 1.82) is 0 Å². The molecule has 84 valence electrons. The van der Waals surface area contributed by atoms with Gasteiger partial charge in [-0.1, -0.05) is 41.9 Å². The largest absolute Gasteiger partial charge is 0.315 e. The van der Waals surface area contributed by atoms with E-state index in [4.69, 9.17) is 11.6 Å². The molecule has 0 unspecified atom stereocenters. The summed E-state index contributed by atoms with van der Waals surface area (Å²) in [5.74, 6) is 0.663. The Morgan fingerprint density at radius 1 is 1.27 bits per heavy atom. The highest BCUT2D eigenvalue weighted by Gasteiger charge is 2.19. The minimum atomic E-state index is 0.146. The van der Waals surface area contributed by atoms with Gasteiger partial charge in [0.1, 0.15) is 0 Å². The average Bonchev–Trinajstić information content (AvgIpc) is 2.18. The molecular weight excluding hydrogens is 273 g/mol. The van der Waals surface area contributed by atoms with E-state index in [9.17, 15) is 0 Å². The Kier molecular flexibility index (Phi) is 5.10. The van der Waals surface area contributed by atoms with E-state index in [1.807, 2.05) is 0 Å². The van der Waals surface area contributed by atoms with Gasteiger partial charge in [0.15, 0.2) is 0 Å². The van der Waals surface area contributed by atoms with Crippen LogP contribution >= 0.6 is 27.5 Å². The summed E-state index contributed by atoms with van der Waals surface area (Å²) in [5.41, 5.74) is 1.49. The van der Waals surface area contributed by atoms with Crippen LogP contribution in [0.2, 0.25) is 0 Å². The molecule has 0 aliphatic heterocycles. The Morgan fingerprint density at radius 2 is 1.87 bits per heavy atom. The number of hydrogen-bond acceptors (Lipinski definition) is 1. The third kappa shape index (κ3) is 4.13. The zero-order valence-corrected chi connectivity index (χ0v) is 11.5. The number of rotatable bonds is 5. The van der Waals surface area contributed by atoms with Crippen LogP contribution in [-0.2, 0) is 5.41 Å². The zero-order valence-electron chi connectivity index (χ0n) is 9.19. The highest BCUT2D eigenvalue weighted by molar-refractivity contribution is 9.10. The van der Waals surface area contributed by atoms with Crippen LogP contribution in [0.5, 0.6) is 0 Å². The molecule has 1 nitrogen and oxygen atoms in total. The van der Waals surface area contributed by atoms with Gasteiger partial charge < -0.3 is 5.32 Å². The van der Waals surface area contributed by atoms with E-state index in [2.05, 4.69) is 59.4 Å². The first-order chi connectivity index (χ1) is 7.06. The van der Waals surface area contributed by atoms with E-state index in [-0.39, 0.29) is 5.41 Å². The lowest BCUT2D eigenvalue weighted by molar-refractivity contribution is 0.478. The molecule has 0 amide bonds. The van der Waals surface area contributed by atoms with Crippen molar-refractivity contribution in [1.82, 2.24) is 5.32 Å². The molecule has 15 heavy (non-hydrogen) atoms. The highest BCUT2D eigenvalue weighted by atomic mass is 79.9. The van der Waals surface area contributed by atoms with E-state index >= 15 is 0 Å². The Balaban J connectivity index is 2.63. The smallest absolute Gasteiger partial charge is 0.0348 e. The summed E-state index contributed by atoms with van der Waals surface area (Å²) >= 11 is 9.07. The minimum absolute atomic E-state index is 0.146. The first kappa shape index (κ1) is 13.0. The van der Waals surface area contributed by atoms with E-state index in [1.165, 1.54) is 5.56 Å². The van der Waals surface area contributed by atoms with Gasteiger partial charge in [-0.2, -0.15) is 0 Å². The molecule has 0 bridgehead atoms. The molecule has 0 aliphatic rings. The second-order valence-electron chi connectivity index (χ2n) is 4.26. The van der Waals surface area contributed by atoms with Crippen LogP contribution in [0.3, 0.4) is 0 Å². The van der Waals surface area contributed by atoms with Gasteiger partial charge in [-0.3, -0.25) is 0 Å². The predicted octanol–water partition coefficient (Wildman–Crippen LogP) is 3.56. The molecule has 0 spiro atoms. The van der Waals surface area contributed by atoms with Crippen LogP contribution in [0, 0.1) is 0 Å². The highest BCUT2D eigenvalue weighted by Crippen LogP contribution is 2.23. The van der Waals surface area contributed by atoms with E-state index in [1.54, 1.807) is 0 Å². The molecule has 0 atom stereocenters. The number of benzene rings is 1. The normalized spacial score (nSPS) is 11.7. The van der Waals surface area contributed by atoms with Gasteiger partial charge in [-0.15, -0.1) is 11.6 Å². The van der Waals surface area contributed by atoms with Gasteiger partial charge in [-0.25, -0.2) is 0 Å². The molecular formula is C12H17BrClN. The van der Waals surface area contributed by atoms with E-state index in [0.717, 1.165) is 17.6 Å². The fourth-order valence-corrected chi connectivity index (χ4v) is 1.87. The van der Waals surface area contributed by atoms with Crippen LogP contribution in [-0.4, -0.2) is 19.0 Å². The second kappa shape index (κ2) is 5.88. The lowest BCUT2D eigenvalue weighted by atomic mass is 9.85. The minimum Gasteiger partial charge on any atom is -0.315 e. The molecule has 0 aromatic heterocycles. The van der Waals surface area contributed by atoms with E-state index < -0.39 is 0 Å². The maximum atomic E-state index is 5.63. The van der Waals surface area contributed by atoms with Crippen LogP contribution in [0.15, 0.2) is 28.7 Å². The van der Waals surface area contributed by atoms with Gasteiger partial charge in [0.2, 0.25) is 0 Å². The number of alkyl halides is 1. The van der Waals surface area contributed by atoms with Crippen LogP contribution in [0.4, 0.5) is 0 Å². The van der Waals surface area contributed by atoms with Crippen molar-refractivity contribution in [2.45, 2.75) is 19.3 Å². The summed E-state index contributed by atoms with van der Waals surface area (Å²) in [6, 6.07) is 8.48. The topological polar surface area (TPSA) is 12.0 Å². The molecule has 0 radical (unpaired) electrons. The monoisotopic (exact) mass is 289 g/mol. The van der Waals surface area contributed by atoms with Gasteiger partial charge in [-0.05, 0) is 17.7 Å². The van der Waals surface area contributed by atoms with E-state index in [0.29, 0.717) is 5.88 Å². The number of nitrogens with one attached hydrogen (secondary N) is 1. The average molecular weight is 291 g/mol. The van der Waals surface area contributed by atoms with Gasteiger partial charge in [0.05, 0.1) is 0 Å². The van der Waals surface area contributed by atoms with Crippen molar-refractivity contribution in [2.24, 2.45) is 0 Å².